The maximum atomic E-state index is 14.4. The lowest BCUT2D eigenvalue weighted by molar-refractivity contribution is -0.142. The van der Waals surface area contributed by atoms with E-state index in [1.54, 1.807) is 43.5 Å². The molecule has 25 heteroatoms. The Hall–Kier alpha value is -8.74. The van der Waals surface area contributed by atoms with Gasteiger partial charge < -0.3 is 78.8 Å². The number of phenols is 1. The molecule has 0 aliphatic carbocycles. The highest BCUT2D eigenvalue weighted by Crippen LogP contribution is 2.22. The molecular formula is C58H81N13O12. The fourth-order valence-corrected chi connectivity index (χ4v) is 9.50. The number of fused-ring (bicyclic) bond motifs is 1. The predicted molar refractivity (Wildman–Crippen MR) is 309 cm³/mol. The van der Waals surface area contributed by atoms with E-state index in [2.05, 4.69) is 52.5 Å². The smallest absolute Gasteiger partial charge is 0.408 e. The van der Waals surface area contributed by atoms with Crippen LogP contribution in [0.4, 0.5) is 4.79 Å². The van der Waals surface area contributed by atoms with Gasteiger partial charge in [-0.15, -0.1) is 0 Å². The molecule has 2 heterocycles. The second kappa shape index (κ2) is 32.6. The number of phenolic OH excluding ortho intramolecular Hbond substituents is 1. The number of carbonyl (C=O) groups excluding carboxylic acids is 9. The zero-order chi connectivity index (χ0) is 60.6. The van der Waals surface area contributed by atoms with Crippen LogP contribution in [0.15, 0.2) is 90.1 Å². The average Bonchev–Trinajstić information content (AvgIpc) is 4.36. The molecule has 83 heavy (non-hydrogen) atoms. The second-order valence-electron chi connectivity index (χ2n) is 21.3. The molecule has 25 nitrogen and oxygen atoms in total. The zero-order valence-electron chi connectivity index (χ0n) is 47.7. The van der Waals surface area contributed by atoms with Crippen LogP contribution >= 0.6 is 0 Å². The van der Waals surface area contributed by atoms with Crippen molar-refractivity contribution >= 4 is 70.2 Å². The van der Waals surface area contributed by atoms with Gasteiger partial charge in [-0.3, -0.25) is 43.3 Å². The summed E-state index contributed by atoms with van der Waals surface area (Å²) in [5.41, 5.74) is 13.6. The molecule has 1 aromatic heterocycles. The standard InChI is InChI=1S/C58H81N13O12/c1-6-61-55(80)48-19-13-25-71(48)56(81)42(18-12-24-62-57(59)60)66-51(76)43(26-34(2)3)65-49(74)31-64-50(75)45(28-36-20-22-39(73)23-21-36)67-54(79)47(32-72)69-53(78)46(29-38-30-63-41-17-11-10-16-40(38)41)68-52(77)44(27-35(4)5)70-58(82)83-33-37-14-8-7-9-15-37/h7-11,14-17,20-23,30,34-35,42-48,63,72-73H,6,12-13,18-19,24-29,31-33H2,1-5H3,(H,61,80)(H,64,75)(H,65,74)(H,66,76)(H,67,79)(H,68,77)(H,69,78)(H,70,82)(H4,59,60,62)/t42-,43-,44+,45-,46-,47-,48-/m0/s1. The number of aliphatic hydroxyl groups excluding tert-OH is 1. The number of nitrogens with zero attached hydrogens (tertiary/aromatic N) is 2. The van der Waals surface area contributed by atoms with Gasteiger partial charge >= 0.3 is 6.09 Å². The molecule has 1 saturated heterocycles. The molecule has 9 amide bonds. The van der Waals surface area contributed by atoms with E-state index in [1.165, 1.54) is 29.2 Å². The number of hydrogen-bond donors (Lipinski definition) is 13. The van der Waals surface area contributed by atoms with Crippen LogP contribution in [-0.4, -0.2) is 154 Å². The number of ether oxygens (including phenoxy) is 1. The normalized spacial score (nSPS) is 15.1. The first-order valence-corrected chi connectivity index (χ1v) is 28.0. The highest BCUT2D eigenvalue weighted by atomic mass is 16.5. The number of alkyl carbamates (subject to hydrolysis) is 1. The third-order valence-electron chi connectivity index (χ3n) is 13.6. The van der Waals surface area contributed by atoms with Crippen molar-refractivity contribution in [2.24, 2.45) is 28.3 Å². The van der Waals surface area contributed by atoms with Crippen LogP contribution in [0.5, 0.6) is 5.75 Å². The molecule has 3 aromatic carbocycles. The Bertz CT molecular complexity index is 2860. The largest absolute Gasteiger partial charge is 0.508 e. The molecule has 0 unspecified atom stereocenters. The molecule has 4 aromatic rings. The van der Waals surface area contributed by atoms with Gasteiger partial charge in [-0.25, -0.2) is 4.79 Å². The first-order valence-electron chi connectivity index (χ1n) is 28.0. The number of aromatic amines is 1. The summed E-state index contributed by atoms with van der Waals surface area (Å²) in [5, 5.41) is 42.5. The molecule has 0 radical (unpaired) electrons. The predicted octanol–water partition coefficient (Wildman–Crippen LogP) is 0.759. The number of nitrogens with two attached hydrogens (primary N) is 2. The number of rotatable bonds is 31. The number of nitrogens with one attached hydrogen (secondary N) is 9. The number of aromatic hydroxyl groups is 1. The van der Waals surface area contributed by atoms with Crippen molar-refractivity contribution in [3.05, 3.63) is 102 Å². The van der Waals surface area contributed by atoms with Crippen LogP contribution in [0, 0.1) is 11.8 Å². The number of likely N-dealkylation sites (N-methyl/N-ethyl adjacent to an activating group) is 1. The lowest BCUT2D eigenvalue weighted by Gasteiger charge is -2.30. The third kappa shape index (κ3) is 20.9. The van der Waals surface area contributed by atoms with Crippen molar-refractivity contribution in [3.8, 4) is 5.75 Å². The maximum absolute atomic E-state index is 14.4. The summed E-state index contributed by atoms with van der Waals surface area (Å²) in [6.07, 6.45) is 2.15. The molecular weight excluding hydrogens is 1070 g/mol. The summed E-state index contributed by atoms with van der Waals surface area (Å²) in [7, 11) is 0. The Morgan fingerprint density at radius 2 is 1.28 bits per heavy atom. The van der Waals surface area contributed by atoms with E-state index in [4.69, 9.17) is 16.2 Å². The molecule has 15 N–H and O–H groups in total. The first-order chi connectivity index (χ1) is 39.6. The quantitative estimate of drug-likeness (QED) is 0.0188. The Kier molecular flexibility index (Phi) is 25.6. The molecule has 7 atom stereocenters. The number of aliphatic imine (C=N–C) groups is 1. The number of carbonyl (C=O) groups is 9. The number of aliphatic hydroxyl groups is 1. The Morgan fingerprint density at radius 1 is 0.687 bits per heavy atom. The van der Waals surface area contributed by atoms with Gasteiger partial charge in [0, 0.05) is 49.6 Å². The van der Waals surface area contributed by atoms with Crippen LogP contribution in [0.3, 0.4) is 0 Å². The van der Waals surface area contributed by atoms with Gasteiger partial charge in [0.2, 0.25) is 47.3 Å². The molecule has 450 valence electrons. The summed E-state index contributed by atoms with van der Waals surface area (Å²) < 4.78 is 5.40. The summed E-state index contributed by atoms with van der Waals surface area (Å²) in [6.45, 7) is 8.17. The first kappa shape index (κ1) is 65.1. The van der Waals surface area contributed by atoms with Crippen molar-refractivity contribution in [1.82, 2.24) is 52.4 Å². The number of para-hydroxylation sites is 1. The SMILES string of the molecule is CCNC(=O)[C@@H]1CCCN1C(=O)[C@H](CCCN=C(N)N)NC(=O)[C@H](CC(C)C)NC(=O)CNC(=O)[C@H](Cc1ccc(O)cc1)NC(=O)[C@H](CO)NC(=O)[C@H](Cc1c[nH]c2ccccc12)NC(=O)[C@@H](CC(C)C)NC(=O)OCc1ccccc1. The van der Waals surface area contributed by atoms with Gasteiger partial charge in [-0.05, 0) is 92.2 Å². The minimum Gasteiger partial charge on any atom is -0.508 e. The number of amides is 9. The highest BCUT2D eigenvalue weighted by molar-refractivity contribution is 5.98. The highest BCUT2D eigenvalue weighted by Gasteiger charge is 2.39. The summed E-state index contributed by atoms with van der Waals surface area (Å²) >= 11 is 0. The van der Waals surface area contributed by atoms with Gasteiger partial charge in [-0.2, -0.15) is 0 Å². The molecule has 1 fully saturated rings. The third-order valence-corrected chi connectivity index (χ3v) is 13.6. The zero-order valence-corrected chi connectivity index (χ0v) is 47.7. The van der Waals surface area contributed by atoms with Crippen molar-refractivity contribution < 1.29 is 58.1 Å². The van der Waals surface area contributed by atoms with Crippen molar-refractivity contribution in [2.75, 3.05) is 32.8 Å². The number of aromatic nitrogens is 1. The molecule has 1 aliphatic heterocycles. The van der Waals surface area contributed by atoms with Gasteiger partial charge in [0.25, 0.3) is 0 Å². The number of benzene rings is 3. The van der Waals surface area contributed by atoms with Crippen LogP contribution < -0.4 is 54.0 Å². The van der Waals surface area contributed by atoms with E-state index >= 15 is 0 Å². The van der Waals surface area contributed by atoms with E-state index in [-0.39, 0.29) is 87.7 Å². The molecule has 1 aliphatic rings. The summed E-state index contributed by atoms with van der Waals surface area (Å²) in [4.78, 5) is 133. The second-order valence-corrected chi connectivity index (χ2v) is 21.3. The van der Waals surface area contributed by atoms with E-state index in [0.717, 1.165) is 16.5 Å². The number of guanidine groups is 1. The van der Waals surface area contributed by atoms with Crippen molar-refractivity contribution in [1.29, 1.82) is 0 Å². The van der Waals surface area contributed by atoms with Crippen molar-refractivity contribution in [2.45, 2.75) is 135 Å². The number of likely N-dealkylation sites (tertiary alicyclic amines) is 1. The topological polar surface area (TPSA) is 383 Å². The summed E-state index contributed by atoms with van der Waals surface area (Å²) in [6, 6.07) is 13.2. The van der Waals surface area contributed by atoms with Crippen LogP contribution in [-0.2, 0) is 62.5 Å². The Morgan fingerprint density at radius 3 is 1.92 bits per heavy atom. The fourth-order valence-electron chi connectivity index (χ4n) is 9.50. The Labute approximate surface area is 482 Å². The minimum atomic E-state index is -1.71. The van der Waals surface area contributed by atoms with Gasteiger partial charge in [0.05, 0.1) is 13.2 Å². The van der Waals surface area contributed by atoms with E-state index in [0.29, 0.717) is 30.5 Å². The maximum Gasteiger partial charge on any atom is 0.408 e. The Balaban J connectivity index is 1.31. The van der Waals surface area contributed by atoms with E-state index in [1.807, 2.05) is 52.0 Å². The monoisotopic (exact) mass is 1150 g/mol. The average molecular weight is 1150 g/mol. The van der Waals surface area contributed by atoms with Gasteiger partial charge in [0.15, 0.2) is 5.96 Å². The van der Waals surface area contributed by atoms with Crippen molar-refractivity contribution in [3.63, 3.8) is 0 Å². The van der Waals surface area contributed by atoms with Crippen LogP contribution in [0.25, 0.3) is 10.9 Å². The lowest BCUT2D eigenvalue weighted by Crippen LogP contribution is -2.60. The molecule has 5 rings (SSSR count). The molecule has 0 spiro atoms. The lowest BCUT2D eigenvalue weighted by atomic mass is 10.0. The van der Waals surface area contributed by atoms with Gasteiger partial charge in [-0.1, -0.05) is 88.4 Å². The minimum absolute atomic E-state index is 0.0637. The van der Waals surface area contributed by atoms with Crippen LogP contribution in [0.2, 0.25) is 0 Å². The van der Waals surface area contributed by atoms with Crippen LogP contribution in [0.1, 0.15) is 89.8 Å². The fraction of sp³-hybridized carbons (Fsp3) is 0.483. The van der Waals surface area contributed by atoms with E-state index < -0.39 is 103 Å². The summed E-state index contributed by atoms with van der Waals surface area (Å²) in [5.74, 6) is -6.33. The number of H-pyrrole nitrogens is 1. The number of hydrogen-bond acceptors (Lipinski definition) is 13. The van der Waals surface area contributed by atoms with E-state index in [9.17, 15) is 53.4 Å². The molecule has 0 bridgehead atoms. The molecule has 0 saturated carbocycles. The van der Waals surface area contributed by atoms with Gasteiger partial charge in [0.1, 0.15) is 54.6 Å².